The molecule has 3 aromatic carbocycles. The third-order valence-electron chi connectivity index (χ3n) is 7.30. The van der Waals surface area contributed by atoms with Gasteiger partial charge in [0.25, 0.3) is 0 Å². The van der Waals surface area contributed by atoms with Crippen LogP contribution in [0.1, 0.15) is 65.6 Å². The van der Waals surface area contributed by atoms with E-state index < -0.39 is 28.7 Å². The third kappa shape index (κ3) is 3.29. The summed E-state index contributed by atoms with van der Waals surface area (Å²) in [5.74, 6) is -2.92. The molecule has 1 aliphatic carbocycles. The van der Waals surface area contributed by atoms with Crippen molar-refractivity contribution in [1.82, 2.24) is 9.97 Å². The Kier molecular flexibility index (Phi) is 5.29. The molecule has 0 fully saturated rings. The third-order valence-corrected chi connectivity index (χ3v) is 7.30. The van der Waals surface area contributed by atoms with Crippen LogP contribution in [0.2, 0.25) is 0 Å². The van der Waals surface area contributed by atoms with Crippen molar-refractivity contribution in [2.24, 2.45) is 0 Å². The van der Waals surface area contributed by atoms with Gasteiger partial charge < -0.3 is 21.7 Å². The number of nitrogens with zero attached hydrogens (tertiary/aromatic N) is 2. The summed E-state index contributed by atoms with van der Waals surface area (Å²) < 4.78 is 0. The molecule has 0 spiro atoms. The first kappa shape index (κ1) is 24.0. The van der Waals surface area contributed by atoms with Crippen LogP contribution in [-0.2, 0) is 5.41 Å². The zero-order chi connectivity index (χ0) is 26.8. The van der Waals surface area contributed by atoms with Crippen LogP contribution in [0.5, 0.6) is 0 Å². The van der Waals surface area contributed by atoms with Crippen LogP contribution in [-0.4, -0.2) is 32.1 Å². The zero-order valence-electron chi connectivity index (χ0n) is 20.9. The number of hydrogen-bond acceptors (Lipinski definition) is 6. The minimum Gasteiger partial charge on any atom is -0.476 e. The van der Waals surface area contributed by atoms with Gasteiger partial charge in [0.2, 0.25) is 0 Å². The van der Waals surface area contributed by atoms with Crippen molar-refractivity contribution in [3.8, 4) is 11.3 Å². The Bertz CT molecular complexity index is 1550. The lowest BCUT2D eigenvalue weighted by Crippen LogP contribution is -2.31. The minimum atomic E-state index is -1.47. The van der Waals surface area contributed by atoms with Crippen molar-refractivity contribution < 1.29 is 19.8 Å². The van der Waals surface area contributed by atoms with E-state index in [4.69, 9.17) is 11.5 Å². The van der Waals surface area contributed by atoms with Crippen LogP contribution in [0.3, 0.4) is 0 Å². The summed E-state index contributed by atoms with van der Waals surface area (Å²) in [6.45, 7) is 7.68. The van der Waals surface area contributed by atoms with Crippen molar-refractivity contribution >= 4 is 23.3 Å². The monoisotopic (exact) mass is 494 g/mol. The molecule has 8 nitrogen and oxygen atoms in total. The van der Waals surface area contributed by atoms with Gasteiger partial charge in [0, 0.05) is 16.9 Å². The van der Waals surface area contributed by atoms with Crippen LogP contribution in [0.15, 0.2) is 48.5 Å². The van der Waals surface area contributed by atoms with Crippen molar-refractivity contribution in [3.63, 3.8) is 0 Å². The smallest absolute Gasteiger partial charge is 0.357 e. The molecule has 5 rings (SSSR count). The molecule has 4 aromatic rings. The lowest BCUT2D eigenvalue weighted by Gasteiger charge is -2.34. The number of rotatable bonds is 4. The topological polar surface area (TPSA) is 152 Å². The number of anilines is 2. The molecule has 8 heteroatoms. The summed E-state index contributed by atoms with van der Waals surface area (Å²) in [5.41, 5.74) is 18.9. The summed E-state index contributed by atoms with van der Waals surface area (Å²) >= 11 is 0. The minimum absolute atomic E-state index is 0.331. The number of fused-ring (bicyclic) bond motifs is 3. The van der Waals surface area contributed by atoms with Gasteiger partial charge in [-0.3, -0.25) is 0 Å². The van der Waals surface area contributed by atoms with Crippen molar-refractivity contribution in [2.75, 3.05) is 11.5 Å². The molecule has 0 amide bonds. The largest absolute Gasteiger partial charge is 0.476 e. The van der Waals surface area contributed by atoms with Crippen LogP contribution in [0, 0.1) is 27.7 Å². The molecule has 0 unspecified atom stereocenters. The fourth-order valence-corrected chi connectivity index (χ4v) is 5.46. The molecular weight excluding hydrogens is 468 g/mol. The average molecular weight is 495 g/mol. The molecule has 6 N–H and O–H groups in total. The molecule has 0 saturated carbocycles. The second-order valence-electron chi connectivity index (χ2n) is 9.57. The van der Waals surface area contributed by atoms with Crippen molar-refractivity contribution in [2.45, 2.75) is 33.1 Å². The quantitative estimate of drug-likeness (QED) is 0.264. The van der Waals surface area contributed by atoms with Crippen LogP contribution in [0.25, 0.3) is 11.3 Å². The highest BCUT2D eigenvalue weighted by molar-refractivity contribution is 6.00. The number of carboxylic acids is 2. The summed E-state index contributed by atoms with van der Waals surface area (Å²) in [6, 6.07) is 15.4. The lowest BCUT2D eigenvalue weighted by atomic mass is 9.68. The molecule has 0 radical (unpaired) electrons. The van der Waals surface area contributed by atoms with E-state index in [2.05, 4.69) is 9.97 Å². The number of aromatic carboxylic acids is 2. The summed E-state index contributed by atoms with van der Waals surface area (Å²) in [7, 11) is 0. The first-order valence-electron chi connectivity index (χ1n) is 11.7. The summed E-state index contributed by atoms with van der Waals surface area (Å²) in [6.07, 6.45) is 0. The molecule has 1 aliphatic rings. The molecule has 37 heavy (non-hydrogen) atoms. The maximum atomic E-state index is 12.2. The SMILES string of the molecule is Cc1cc(C2(c3cc(C)c(N)c(C)c3)c3ccccc3-c3nc(C(=O)O)c(C(=O)O)nc32)cc(C)c1N. The number of nitrogens with two attached hydrogens (primary N) is 2. The van der Waals surface area contributed by atoms with Gasteiger partial charge in [-0.1, -0.05) is 48.5 Å². The van der Waals surface area contributed by atoms with E-state index in [1.165, 1.54) is 0 Å². The predicted molar refractivity (Wildman–Crippen MR) is 141 cm³/mol. The van der Waals surface area contributed by atoms with Gasteiger partial charge in [-0.05, 0) is 66.6 Å². The molecule has 1 heterocycles. The number of nitrogen functional groups attached to an aromatic ring is 2. The van der Waals surface area contributed by atoms with Gasteiger partial charge >= 0.3 is 11.9 Å². The van der Waals surface area contributed by atoms with E-state index in [1.54, 1.807) is 0 Å². The van der Waals surface area contributed by atoms with Gasteiger partial charge in [-0.2, -0.15) is 0 Å². The fourth-order valence-electron chi connectivity index (χ4n) is 5.46. The molecular formula is C29H26N4O4. The Morgan fingerprint density at radius 3 is 1.62 bits per heavy atom. The maximum Gasteiger partial charge on any atom is 0.357 e. The van der Waals surface area contributed by atoms with E-state index in [0.717, 1.165) is 38.9 Å². The highest BCUT2D eigenvalue weighted by atomic mass is 16.4. The number of carboxylic acid groups (broad SMARTS) is 2. The summed E-state index contributed by atoms with van der Waals surface area (Å²) in [4.78, 5) is 33.1. The van der Waals surface area contributed by atoms with E-state index in [-0.39, 0.29) is 0 Å². The van der Waals surface area contributed by atoms with Crippen molar-refractivity contribution in [1.29, 1.82) is 0 Å². The number of hydrogen-bond donors (Lipinski definition) is 4. The number of aromatic nitrogens is 2. The zero-order valence-corrected chi connectivity index (χ0v) is 20.9. The average Bonchev–Trinajstić information content (AvgIpc) is 3.14. The van der Waals surface area contributed by atoms with Gasteiger partial charge in [0.1, 0.15) is 0 Å². The highest BCUT2D eigenvalue weighted by Gasteiger charge is 2.50. The first-order chi connectivity index (χ1) is 17.5. The highest BCUT2D eigenvalue weighted by Crippen LogP contribution is 2.55. The van der Waals surface area contributed by atoms with E-state index in [9.17, 15) is 19.8 Å². The molecule has 0 aliphatic heterocycles. The molecule has 1 aromatic heterocycles. The van der Waals surface area contributed by atoms with Gasteiger partial charge in [-0.25, -0.2) is 19.6 Å². The molecule has 0 bridgehead atoms. The Hall–Kier alpha value is -4.72. The normalized spacial score (nSPS) is 13.2. The molecule has 186 valence electrons. The Morgan fingerprint density at radius 1 is 0.730 bits per heavy atom. The number of aryl methyl sites for hydroxylation is 4. The van der Waals surface area contributed by atoms with Crippen LogP contribution >= 0.6 is 0 Å². The van der Waals surface area contributed by atoms with E-state index in [0.29, 0.717) is 28.3 Å². The number of carbonyl (C=O) groups is 2. The maximum absolute atomic E-state index is 12.2. The predicted octanol–water partition coefficient (Wildman–Crippen LogP) is 4.63. The summed E-state index contributed by atoms with van der Waals surface area (Å²) in [5, 5.41) is 19.7. The second-order valence-corrected chi connectivity index (χ2v) is 9.57. The van der Waals surface area contributed by atoms with Gasteiger partial charge in [-0.15, -0.1) is 0 Å². The van der Waals surface area contributed by atoms with Gasteiger partial charge in [0.15, 0.2) is 11.4 Å². The van der Waals surface area contributed by atoms with Crippen molar-refractivity contribution in [3.05, 3.63) is 105 Å². The van der Waals surface area contributed by atoms with E-state index >= 15 is 0 Å². The van der Waals surface area contributed by atoms with Gasteiger partial charge in [0.05, 0.1) is 16.8 Å². The Morgan fingerprint density at radius 2 is 1.16 bits per heavy atom. The first-order valence-corrected chi connectivity index (χ1v) is 11.7. The second kappa shape index (κ2) is 8.16. The molecule has 0 saturated heterocycles. The van der Waals surface area contributed by atoms with Crippen LogP contribution < -0.4 is 11.5 Å². The standard InChI is InChI=1S/C29H26N4O4/c1-13-9-17(10-14(2)21(13)30)29(18-11-15(3)22(31)16(4)12-18)20-8-6-5-7-19(20)23-26(29)33-25(28(36)37)24(32-23)27(34)35/h5-12H,30-31H2,1-4H3,(H,34,35)(H,36,37). The van der Waals surface area contributed by atoms with E-state index in [1.807, 2.05) is 76.2 Å². The number of benzene rings is 3. The molecule has 0 atom stereocenters. The fraction of sp³-hybridized carbons (Fsp3) is 0.172. The Labute approximate surface area is 213 Å². The Balaban J connectivity index is 2.05. The lowest BCUT2D eigenvalue weighted by molar-refractivity contribution is 0.0641. The van der Waals surface area contributed by atoms with Crippen LogP contribution in [0.4, 0.5) is 11.4 Å².